The van der Waals surface area contributed by atoms with E-state index in [0.717, 1.165) is 4.47 Å². The van der Waals surface area contributed by atoms with Gasteiger partial charge in [0.15, 0.2) is 0 Å². The molecule has 0 saturated heterocycles. The average Bonchev–Trinajstić information content (AvgIpc) is 2.35. The van der Waals surface area contributed by atoms with E-state index in [2.05, 4.69) is 15.9 Å². The zero-order valence-electron chi connectivity index (χ0n) is 10.8. The minimum absolute atomic E-state index is 0.0303. The van der Waals surface area contributed by atoms with Crippen molar-refractivity contribution in [2.24, 2.45) is 0 Å². The molecule has 0 fully saturated rings. The summed E-state index contributed by atoms with van der Waals surface area (Å²) in [6, 6.07) is 5.29. The molecule has 1 aromatic rings. The van der Waals surface area contributed by atoms with Gasteiger partial charge in [0.2, 0.25) is 0 Å². The fraction of sp³-hybridized carbons (Fsp3) is 0.462. The molecule has 18 heavy (non-hydrogen) atoms. The Morgan fingerprint density at radius 1 is 1.50 bits per heavy atom. The lowest BCUT2D eigenvalue weighted by molar-refractivity contribution is 0.0664. The van der Waals surface area contributed by atoms with Crippen LogP contribution in [0.1, 0.15) is 24.2 Å². The Morgan fingerprint density at radius 3 is 2.67 bits per heavy atom. The second-order valence-corrected chi connectivity index (χ2v) is 5.02. The van der Waals surface area contributed by atoms with Crippen LogP contribution in [0.2, 0.25) is 0 Å². The molecular weight excluding hydrogens is 298 g/mol. The van der Waals surface area contributed by atoms with Gasteiger partial charge in [-0.1, -0.05) is 0 Å². The van der Waals surface area contributed by atoms with Crippen LogP contribution in [0.5, 0.6) is 5.75 Å². The van der Waals surface area contributed by atoms with E-state index in [9.17, 15) is 4.79 Å². The number of carbonyl (C=O) groups excluding carboxylic acids is 1. The molecule has 1 amide bonds. The Bertz CT molecular complexity index is 421. The van der Waals surface area contributed by atoms with Crippen molar-refractivity contribution < 1.29 is 14.6 Å². The predicted molar refractivity (Wildman–Crippen MR) is 74.0 cm³/mol. The van der Waals surface area contributed by atoms with Crippen molar-refractivity contribution in [1.82, 2.24) is 4.90 Å². The summed E-state index contributed by atoms with van der Waals surface area (Å²) in [6.45, 7) is 4.11. The first-order chi connectivity index (χ1) is 8.51. The van der Waals surface area contributed by atoms with Crippen LogP contribution in [-0.4, -0.2) is 42.2 Å². The van der Waals surface area contributed by atoms with Gasteiger partial charge < -0.3 is 14.7 Å². The summed E-state index contributed by atoms with van der Waals surface area (Å²) >= 11 is 3.36. The van der Waals surface area contributed by atoms with Crippen LogP contribution in [0.25, 0.3) is 0 Å². The first-order valence-electron chi connectivity index (χ1n) is 5.76. The minimum atomic E-state index is -0.121. The highest BCUT2D eigenvalue weighted by Crippen LogP contribution is 2.24. The average molecular weight is 316 g/mol. The molecule has 1 aromatic carbocycles. The molecular formula is C13H18BrNO3. The monoisotopic (exact) mass is 315 g/mol. The third-order valence-electron chi connectivity index (χ3n) is 2.63. The summed E-state index contributed by atoms with van der Waals surface area (Å²) in [6.07, 6.45) is 0. The van der Waals surface area contributed by atoms with E-state index in [4.69, 9.17) is 9.84 Å². The summed E-state index contributed by atoms with van der Waals surface area (Å²) < 4.78 is 5.84. The summed E-state index contributed by atoms with van der Waals surface area (Å²) in [5.74, 6) is 0.513. The van der Waals surface area contributed by atoms with Crippen molar-refractivity contribution in [3.63, 3.8) is 0 Å². The molecule has 0 heterocycles. The Labute approximate surface area is 116 Å². The Balaban J connectivity index is 3.07. The molecule has 1 N–H and O–H groups in total. The zero-order chi connectivity index (χ0) is 13.7. The number of methoxy groups -OCH3 is 1. The Kier molecular flexibility index (Phi) is 5.62. The Hall–Kier alpha value is -1.07. The molecule has 0 spiro atoms. The molecule has 0 aliphatic heterocycles. The predicted octanol–water partition coefficient (Wildman–Crippen LogP) is 2.30. The molecule has 0 radical (unpaired) electrons. The lowest BCUT2D eigenvalue weighted by Gasteiger charge is -2.26. The summed E-state index contributed by atoms with van der Waals surface area (Å²) in [5.41, 5.74) is 0.538. The van der Waals surface area contributed by atoms with Gasteiger partial charge in [0.05, 0.1) is 19.3 Å². The van der Waals surface area contributed by atoms with E-state index in [1.54, 1.807) is 30.2 Å². The summed E-state index contributed by atoms with van der Waals surface area (Å²) in [7, 11) is 1.56. The van der Waals surface area contributed by atoms with Crippen molar-refractivity contribution in [2.75, 3.05) is 20.3 Å². The van der Waals surface area contributed by atoms with E-state index >= 15 is 0 Å². The van der Waals surface area contributed by atoms with Crippen LogP contribution >= 0.6 is 15.9 Å². The molecule has 100 valence electrons. The molecule has 0 bridgehead atoms. The largest absolute Gasteiger partial charge is 0.497 e. The molecule has 0 unspecified atom stereocenters. The SMILES string of the molecule is COc1ccc(Br)c(C(=O)N(CCO)C(C)C)c1. The smallest absolute Gasteiger partial charge is 0.255 e. The Morgan fingerprint density at radius 2 is 2.17 bits per heavy atom. The molecule has 0 atom stereocenters. The lowest BCUT2D eigenvalue weighted by atomic mass is 10.1. The third-order valence-corrected chi connectivity index (χ3v) is 3.32. The van der Waals surface area contributed by atoms with Crippen LogP contribution in [0.15, 0.2) is 22.7 Å². The number of rotatable bonds is 5. The van der Waals surface area contributed by atoms with Crippen molar-refractivity contribution in [1.29, 1.82) is 0 Å². The molecule has 4 nitrogen and oxygen atoms in total. The number of aliphatic hydroxyl groups excluding tert-OH is 1. The van der Waals surface area contributed by atoms with Crippen molar-refractivity contribution in [3.05, 3.63) is 28.2 Å². The van der Waals surface area contributed by atoms with Crippen LogP contribution in [-0.2, 0) is 0 Å². The van der Waals surface area contributed by atoms with Crippen LogP contribution in [0.4, 0.5) is 0 Å². The maximum atomic E-state index is 12.4. The molecule has 1 rings (SSSR count). The van der Waals surface area contributed by atoms with Crippen molar-refractivity contribution >= 4 is 21.8 Å². The van der Waals surface area contributed by atoms with Gasteiger partial charge >= 0.3 is 0 Å². The van der Waals surface area contributed by atoms with Gasteiger partial charge in [0.1, 0.15) is 5.75 Å². The highest BCUT2D eigenvalue weighted by Gasteiger charge is 2.20. The number of benzene rings is 1. The molecule has 0 aliphatic rings. The molecule has 0 aromatic heterocycles. The van der Waals surface area contributed by atoms with Crippen LogP contribution < -0.4 is 4.74 Å². The van der Waals surface area contributed by atoms with Gasteiger partial charge in [0.25, 0.3) is 5.91 Å². The molecule has 0 saturated carbocycles. The van der Waals surface area contributed by atoms with Crippen molar-refractivity contribution in [3.8, 4) is 5.75 Å². The van der Waals surface area contributed by atoms with E-state index < -0.39 is 0 Å². The molecule has 5 heteroatoms. The van der Waals surface area contributed by atoms with Crippen molar-refractivity contribution in [2.45, 2.75) is 19.9 Å². The minimum Gasteiger partial charge on any atom is -0.497 e. The number of hydrogen-bond donors (Lipinski definition) is 1. The topological polar surface area (TPSA) is 49.8 Å². The number of ether oxygens (including phenoxy) is 1. The van der Waals surface area contributed by atoms with Gasteiger partial charge in [-0.2, -0.15) is 0 Å². The normalized spacial score (nSPS) is 10.6. The standard InChI is InChI=1S/C13H18BrNO3/c1-9(2)15(6-7-16)13(17)11-8-10(18-3)4-5-12(11)14/h4-5,8-9,16H,6-7H2,1-3H3. The number of aliphatic hydroxyl groups is 1. The van der Waals surface area contributed by atoms with Gasteiger partial charge in [-0.25, -0.2) is 0 Å². The first-order valence-corrected chi connectivity index (χ1v) is 6.56. The fourth-order valence-corrected chi connectivity index (χ4v) is 2.07. The summed E-state index contributed by atoms with van der Waals surface area (Å²) in [4.78, 5) is 14.0. The second-order valence-electron chi connectivity index (χ2n) is 4.16. The van der Waals surface area contributed by atoms with E-state index in [1.807, 2.05) is 13.8 Å². The molecule has 0 aliphatic carbocycles. The van der Waals surface area contributed by atoms with Gasteiger partial charge in [-0.05, 0) is 48.0 Å². The highest BCUT2D eigenvalue weighted by molar-refractivity contribution is 9.10. The number of halogens is 1. The van der Waals surface area contributed by atoms with E-state index in [0.29, 0.717) is 17.9 Å². The maximum Gasteiger partial charge on any atom is 0.255 e. The van der Waals surface area contributed by atoms with E-state index in [-0.39, 0.29) is 18.6 Å². The maximum absolute atomic E-state index is 12.4. The quantitative estimate of drug-likeness (QED) is 0.907. The number of nitrogens with zero attached hydrogens (tertiary/aromatic N) is 1. The lowest BCUT2D eigenvalue weighted by Crippen LogP contribution is -2.39. The van der Waals surface area contributed by atoms with E-state index in [1.165, 1.54) is 0 Å². The fourth-order valence-electron chi connectivity index (χ4n) is 1.65. The third kappa shape index (κ3) is 3.46. The first kappa shape index (κ1) is 15.0. The van der Waals surface area contributed by atoms with Gasteiger partial charge in [-0.15, -0.1) is 0 Å². The number of carbonyl (C=O) groups is 1. The van der Waals surface area contributed by atoms with Gasteiger partial charge in [0, 0.05) is 17.1 Å². The summed E-state index contributed by atoms with van der Waals surface area (Å²) in [5, 5.41) is 9.02. The van der Waals surface area contributed by atoms with Crippen LogP contribution in [0.3, 0.4) is 0 Å². The number of amides is 1. The highest BCUT2D eigenvalue weighted by atomic mass is 79.9. The van der Waals surface area contributed by atoms with Gasteiger partial charge in [-0.3, -0.25) is 4.79 Å². The van der Waals surface area contributed by atoms with Crippen LogP contribution in [0, 0.1) is 0 Å². The number of hydrogen-bond acceptors (Lipinski definition) is 3. The zero-order valence-corrected chi connectivity index (χ0v) is 12.4. The second kappa shape index (κ2) is 6.75.